The van der Waals surface area contributed by atoms with E-state index in [1.54, 1.807) is 0 Å². The van der Waals surface area contributed by atoms with Crippen LogP contribution in [-0.2, 0) is 11.2 Å². The molecule has 1 spiro atoms. The van der Waals surface area contributed by atoms with Gasteiger partial charge in [0, 0.05) is 24.3 Å². The number of aromatic nitrogens is 2. The van der Waals surface area contributed by atoms with E-state index < -0.39 is 0 Å². The average molecular weight is 273 g/mol. The number of hydrogen-bond donors (Lipinski definition) is 1. The molecule has 0 unspecified atom stereocenters. The number of amides is 1. The van der Waals surface area contributed by atoms with Crippen LogP contribution >= 0.6 is 0 Å². The molecule has 1 saturated carbocycles. The maximum absolute atomic E-state index is 12.8. The molecular formula is C16H23N3O. The van der Waals surface area contributed by atoms with Crippen molar-refractivity contribution in [3.05, 3.63) is 17.5 Å². The minimum Gasteiger partial charge on any atom is -0.342 e. The van der Waals surface area contributed by atoms with Crippen LogP contribution in [0.1, 0.15) is 62.1 Å². The summed E-state index contributed by atoms with van der Waals surface area (Å²) in [5, 5.41) is 7.19. The van der Waals surface area contributed by atoms with Gasteiger partial charge < -0.3 is 4.90 Å². The summed E-state index contributed by atoms with van der Waals surface area (Å²) >= 11 is 0. The van der Waals surface area contributed by atoms with Gasteiger partial charge in [-0.15, -0.1) is 0 Å². The Morgan fingerprint density at radius 3 is 2.75 bits per heavy atom. The van der Waals surface area contributed by atoms with Crippen LogP contribution in [0, 0.1) is 5.41 Å². The topological polar surface area (TPSA) is 49.0 Å². The molecule has 2 fully saturated rings. The van der Waals surface area contributed by atoms with Gasteiger partial charge in [0.25, 0.3) is 0 Å². The summed E-state index contributed by atoms with van der Waals surface area (Å²) in [7, 11) is 0. The van der Waals surface area contributed by atoms with E-state index in [4.69, 9.17) is 0 Å². The van der Waals surface area contributed by atoms with Crippen LogP contribution in [0.25, 0.3) is 0 Å². The molecule has 4 heteroatoms. The van der Waals surface area contributed by atoms with Crippen molar-refractivity contribution in [1.29, 1.82) is 0 Å². The van der Waals surface area contributed by atoms with Gasteiger partial charge in [0.1, 0.15) is 0 Å². The SMILES string of the molecule is O=C([C@@H]1CCCc2[nH]ncc21)N1CCC2(CCC2)CC1. The third-order valence-corrected chi connectivity index (χ3v) is 5.89. The lowest BCUT2D eigenvalue weighted by Crippen LogP contribution is -2.47. The fourth-order valence-electron chi connectivity index (χ4n) is 4.32. The maximum Gasteiger partial charge on any atom is 0.230 e. The van der Waals surface area contributed by atoms with E-state index in [-0.39, 0.29) is 5.92 Å². The molecule has 1 aliphatic heterocycles. The summed E-state index contributed by atoms with van der Waals surface area (Å²) < 4.78 is 0. The Morgan fingerprint density at radius 2 is 2.05 bits per heavy atom. The summed E-state index contributed by atoms with van der Waals surface area (Å²) in [5.41, 5.74) is 2.96. The molecule has 3 aliphatic rings. The molecule has 1 N–H and O–H groups in total. The third kappa shape index (κ3) is 1.88. The predicted molar refractivity (Wildman–Crippen MR) is 76.4 cm³/mol. The van der Waals surface area contributed by atoms with Crippen LogP contribution in [0.5, 0.6) is 0 Å². The highest BCUT2D eigenvalue weighted by atomic mass is 16.2. The van der Waals surface area contributed by atoms with Crippen molar-refractivity contribution in [2.45, 2.75) is 57.3 Å². The van der Waals surface area contributed by atoms with Crippen LogP contribution < -0.4 is 0 Å². The number of carbonyl (C=O) groups is 1. The summed E-state index contributed by atoms with van der Waals surface area (Å²) in [5.74, 6) is 0.412. The van der Waals surface area contributed by atoms with Gasteiger partial charge in [0.15, 0.2) is 0 Å². The van der Waals surface area contributed by atoms with Crippen LogP contribution in [0.2, 0.25) is 0 Å². The Morgan fingerprint density at radius 1 is 1.25 bits per heavy atom. The van der Waals surface area contributed by atoms with E-state index in [9.17, 15) is 4.79 Å². The molecule has 20 heavy (non-hydrogen) atoms. The van der Waals surface area contributed by atoms with Gasteiger partial charge in [0.05, 0.1) is 12.1 Å². The van der Waals surface area contributed by atoms with Gasteiger partial charge in [-0.1, -0.05) is 6.42 Å². The minimum absolute atomic E-state index is 0.0629. The number of piperidine rings is 1. The summed E-state index contributed by atoms with van der Waals surface area (Å²) in [6.45, 7) is 1.95. The van der Waals surface area contributed by atoms with Gasteiger partial charge >= 0.3 is 0 Å². The molecule has 1 saturated heterocycles. The van der Waals surface area contributed by atoms with Crippen LogP contribution in [-0.4, -0.2) is 34.1 Å². The highest BCUT2D eigenvalue weighted by Gasteiger charge is 2.41. The fourth-order valence-corrected chi connectivity index (χ4v) is 4.32. The van der Waals surface area contributed by atoms with E-state index in [0.29, 0.717) is 11.3 Å². The van der Waals surface area contributed by atoms with E-state index in [1.165, 1.54) is 37.8 Å². The number of fused-ring (bicyclic) bond motifs is 1. The highest BCUT2D eigenvalue weighted by Crippen LogP contribution is 2.49. The molecule has 4 nitrogen and oxygen atoms in total. The number of nitrogens with one attached hydrogen (secondary N) is 1. The van der Waals surface area contributed by atoms with Crippen molar-refractivity contribution in [3.8, 4) is 0 Å². The maximum atomic E-state index is 12.8. The Hall–Kier alpha value is -1.32. The smallest absolute Gasteiger partial charge is 0.230 e. The molecule has 4 rings (SSSR count). The molecule has 108 valence electrons. The second kappa shape index (κ2) is 4.61. The first kappa shape index (κ1) is 12.4. The lowest BCUT2D eigenvalue weighted by molar-refractivity contribution is -0.136. The number of rotatable bonds is 1. The zero-order chi connectivity index (χ0) is 13.6. The first-order valence-corrected chi connectivity index (χ1v) is 8.08. The Kier molecular flexibility index (Phi) is 2.86. The van der Waals surface area contributed by atoms with Gasteiger partial charge in [-0.25, -0.2) is 0 Å². The Labute approximate surface area is 119 Å². The van der Waals surface area contributed by atoms with Gasteiger partial charge in [-0.05, 0) is 50.4 Å². The molecule has 1 aromatic heterocycles. The summed E-state index contributed by atoms with van der Waals surface area (Å²) in [6.07, 6.45) is 11.6. The number of hydrogen-bond acceptors (Lipinski definition) is 2. The number of H-pyrrole nitrogens is 1. The lowest BCUT2D eigenvalue weighted by atomic mass is 9.63. The Balaban J connectivity index is 1.46. The summed E-state index contributed by atoms with van der Waals surface area (Å²) in [6, 6.07) is 0. The van der Waals surface area contributed by atoms with E-state index in [1.807, 2.05) is 6.20 Å². The van der Waals surface area contributed by atoms with Crippen molar-refractivity contribution >= 4 is 5.91 Å². The normalized spacial score (nSPS) is 28.0. The molecule has 0 bridgehead atoms. The standard InChI is InChI=1S/C16H23N3O/c20-15(12-3-1-4-14-13(12)11-17-18-14)19-9-7-16(8-10-19)5-2-6-16/h11-12H,1-10H2,(H,17,18)/t12-/m1/s1. The molecule has 0 aromatic carbocycles. The molecule has 1 aromatic rings. The van der Waals surface area contributed by atoms with Gasteiger partial charge in [-0.2, -0.15) is 5.10 Å². The third-order valence-electron chi connectivity index (χ3n) is 5.89. The monoisotopic (exact) mass is 273 g/mol. The first-order chi connectivity index (χ1) is 9.77. The molecule has 2 heterocycles. The van der Waals surface area contributed by atoms with E-state index in [0.717, 1.165) is 37.9 Å². The largest absolute Gasteiger partial charge is 0.342 e. The number of likely N-dealkylation sites (tertiary alicyclic amines) is 1. The van der Waals surface area contributed by atoms with Crippen molar-refractivity contribution in [2.24, 2.45) is 5.41 Å². The second-order valence-corrected chi connectivity index (χ2v) is 6.93. The molecule has 2 aliphatic carbocycles. The number of aryl methyl sites for hydroxylation is 1. The van der Waals surface area contributed by atoms with Crippen molar-refractivity contribution in [2.75, 3.05) is 13.1 Å². The van der Waals surface area contributed by atoms with Crippen molar-refractivity contribution in [3.63, 3.8) is 0 Å². The predicted octanol–water partition coefficient (Wildman–Crippen LogP) is 2.62. The number of nitrogens with zero attached hydrogens (tertiary/aromatic N) is 2. The van der Waals surface area contributed by atoms with Crippen LogP contribution in [0.15, 0.2) is 6.20 Å². The number of carbonyl (C=O) groups excluding carboxylic acids is 1. The van der Waals surface area contributed by atoms with Crippen molar-refractivity contribution in [1.82, 2.24) is 15.1 Å². The minimum atomic E-state index is 0.0629. The quantitative estimate of drug-likeness (QED) is 0.855. The van der Waals surface area contributed by atoms with E-state index >= 15 is 0 Å². The molecule has 1 atom stereocenters. The van der Waals surface area contributed by atoms with Crippen molar-refractivity contribution < 1.29 is 4.79 Å². The number of aromatic amines is 1. The van der Waals surface area contributed by atoms with Gasteiger partial charge in [-0.3, -0.25) is 9.89 Å². The second-order valence-electron chi connectivity index (χ2n) is 6.93. The van der Waals surface area contributed by atoms with Gasteiger partial charge in [0.2, 0.25) is 5.91 Å². The molecule has 0 radical (unpaired) electrons. The van der Waals surface area contributed by atoms with Crippen LogP contribution in [0.3, 0.4) is 0 Å². The Bertz CT molecular complexity index is 508. The highest BCUT2D eigenvalue weighted by molar-refractivity contribution is 5.84. The zero-order valence-electron chi connectivity index (χ0n) is 12.0. The van der Waals surface area contributed by atoms with E-state index in [2.05, 4.69) is 15.1 Å². The summed E-state index contributed by atoms with van der Waals surface area (Å²) in [4.78, 5) is 14.9. The first-order valence-electron chi connectivity index (χ1n) is 8.08. The molecule has 1 amide bonds. The molecular weight excluding hydrogens is 250 g/mol. The average Bonchev–Trinajstić information content (AvgIpc) is 2.93. The lowest BCUT2D eigenvalue weighted by Gasteiger charge is -2.48. The fraction of sp³-hybridized carbons (Fsp3) is 0.750. The zero-order valence-corrected chi connectivity index (χ0v) is 12.0. The van der Waals surface area contributed by atoms with Crippen LogP contribution in [0.4, 0.5) is 0 Å².